The van der Waals surface area contributed by atoms with Crippen molar-refractivity contribution in [3.63, 3.8) is 0 Å². The van der Waals surface area contributed by atoms with Gasteiger partial charge in [0, 0.05) is 11.9 Å². The standard InChI is InChI=1S/2C2H4O2.Ba.Mg.2H/c2*1-2(3)4;;;;/h2*1H3,(H,3,4);;;;/q;;+2;;;/p-2. The Balaban J connectivity index is -0.0000000300. The van der Waals surface area contributed by atoms with Crippen molar-refractivity contribution in [2.75, 3.05) is 0 Å². The van der Waals surface area contributed by atoms with Crippen LogP contribution >= 0.6 is 0 Å². The van der Waals surface area contributed by atoms with Crippen LogP contribution in [0.15, 0.2) is 0 Å². The molecule has 0 spiro atoms. The van der Waals surface area contributed by atoms with Gasteiger partial charge in [0.05, 0.1) is 0 Å². The molecule has 0 aliphatic rings. The number of carboxylic acid groups (broad SMARTS) is 2. The normalized spacial score (nSPS) is 5.00. The number of carboxylic acids is 2. The van der Waals surface area contributed by atoms with E-state index in [1.165, 1.54) is 0 Å². The minimum atomic E-state index is -1.08. The van der Waals surface area contributed by atoms with Gasteiger partial charge in [-0.05, 0) is 13.8 Å². The van der Waals surface area contributed by atoms with Crippen molar-refractivity contribution in [1.82, 2.24) is 0 Å². The van der Waals surface area contributed by atoms with E-state index in [2.05, 4.69) is 0 Å². The first-order valence-corrected chi connectivity index (χ1v) is 1.82. The van der Waals surface area contributed by atoms with E-state index in [9.17, 15) is 0 Å². The molecular weight excluding hydrogens is 274 g/mol. The summed E-state index contributed by atoms with van der Waals surface area (Å²) in [5, 5.41) is 17.8. The Hall–Kier alpha value is 1.28. The summed E-state index contributed by atoms with van der Waals surface area (Å²) in [5.74, 6) is -2.17. The Kier molecular flexibility index (Phi) is 37.6. The van der Waals surface area contributed by atoms with Gasteiger partial charge in [-0.2, -0.15) is 0 Å². The SMILES string of the molecule is CC(=O)[O-].CC(=O)[O-].[Ba+2].[MgH2]. The van der Waals surface area contributed by atoms with Crippen LogP contribution in [-0.4, -0.2) is 83.9 Å². The largest absolute Gasteiger partial charge is 2.00 e. The second kappa shape index (κ2) is 16.7. The van der Waals surface area contributed by atoms with Gasteiger partial charge in [0.25, 0.3) is 0 Å². The van der Waals surface area contributed by atoms with E-state index in [0.29, 0.717) is 0 Å². The topological polar surface area (TPSA) is 80.3 Å². The summed E-state index contributed by atoms with van der Waals surface area (Å²) < 4.78 is 0. The number of hydrogen-bond acceptors (Lipinski definition) is 4. The van der Waals surface area contributed by atoms with Gasteiger partial charge >= 0.3 is 71.9 Å². The van der Waals surface area contributed by atoms with Crippen molar-refractivity contribution in [1.29, 1.82) is 0 Å². The van der Waals surface area contributed by atoms with Crippen LogP contribution in [0.2, 0.25) is 0 Å². The number of carbonyl (C=O) groups is 2. The summed E-state index contributed by atoms with van der Waals surface area (Å²) in [7, 11) is 0. The summed E-state index contributed by atoms with van der Waals surface area (Å²) >= 11 is 0. The van der Waals surface area contributed by atoms with Crippen molar-refractivity contribution in [3.05, 3.63) is 0 Å². The van der Waals surface area contributed by atoms with Crippen molar-refractivity contribution >= 4 is 83.9 Å². The fourth-order valence-corrected chi connectivity index (χ4v) is 0. The van der Waals surface area contributed by atoms with Gasteiger partial charge in [0.15, 0.2) is 0 Å². The van der Waals surface area contributed by atoms with E-state index < -0.39 is 11.9 Å². The molecule has 0 saturated carbocycles. The number of carbonyl (C=O) groups excluding carboxylic acids is 2. The Morgan fingerprint density at radius 3 is 1.00 bits per heavy atom. The van der Waals surface area contributed by atoms with Crippen LogP contribution in [0.3, 0.4) is 0 Å². The van der Waals surface area contributed by atoms with E-state index in [1.807, 2.05) is 0 Å². The minimum Gasteiger partial charge on any atom is -0.550 e. The third kappa shape index (κ3) is 389. The van der Waals surface area contributed by atoms with Crippen LogP contribution in [0.4, 0.5) is 0 Å². The molecule has 0 heterocycles. The van der Waals surface area contributed by atoms with Crippen LogP contribution in [0.25, 0.3) is 0 Å². The summed E-state index contributed by atoms with van der Waals surface area (Å²) in [4.78, 5) is 17.8. The zero-order valence-corrected chi connectivity index (χ0v) is 9.78. The van der Waals surface area contributed by atoms with Crippen LogP contribution in [-0.2, 0) is 9.59 Å². The van der Waals surface area contributed by atoms with E-state index in [1.54, 1.807) is 0 Å². The second-order valence-electron chi connectivity index (χ2n) is 0.983. The number of aliphatic carboxylic acids is 2. The molecule has 0 aromatic rings. The van der Waals surface area contributed by atoms with Crippen LogP contribution in [0.5, 0.6) is 0 Å². The number of rotatable bonds is 0. The van der Waals surface area contributed by atoms with E-state index >= 15 is 0 Å². The third-order valence-corrected chi connectivity index (χ3v) is 0. The first-order valence-electron chi connectivity index (χ1n) is 1.82. The molecule has 52 valence electrons. The van der Waals surface area contributed by atoms with Gasteiger partial charge in [0.1, 0.15) is 0 Å². The Morgan fingerprint density at radius 2 is 1.00 bits per heavy atom. The average Bonchev–Trinajstić information content (AvgIpc) is 1.25. The third-order valence-electron chi connectivity index (χ3n) is 0. The Bertz CT molecular complexity index is 75.3. The molecular formula is C4H8BaMgO4. The van der Waals surface area contributed by atoms with Crippen molar-refractivity contribution in [2.24, 2.45) is 0 Å². The molecule has 10 heavy (non-hydrogen) atoms. The van der Waals surface area contributed by atoms with Gasteiger partial charge in [-0.15, -0.1) is 0 Å². The van der Waals surface area contributed by atoms with E-state index in [0.717, 1.165) is 13.8 Å². The van der Waals surface area contributed by atoms with Crippen LogP contribution < -0.4 is 10.2 Å². The van der Waals surface area contributed by atoms with Crippen LogP contribution in [0.1, 0.15) is 13.8 Å². The van der Waals surface area contributed by atoms with E-state index in [4.69, 9.17) is 19.8 Å². The minimum absolute atomic E-state index is 0. The average molecular weight is 282 g/mol. The van der Waals surface area contributed by atoms with Gasteiger partial charge in [-0.1, -0.05) is 0 Å². The molecule has 0 unspecified atom stereocenters. The molecule has 0 bridgehead atoms. The molecule has 0 atom stereocenters. The maximum absolute atomic E-state index is 8.89. The molecule has 6 heteroatoms. The fraction of sp³-hybridized carbons (Fsp3) is 0.500. The predicted octanol–water partition coefficient (Wildman–Crippen LogP) is -3.78. The molecule has 0 aromatic carbocycles. The summed E-state index contributed by atoms with van der Waals surface area (Å²) in [6.07, 6.45) is 0. The molecule has 0 rings (SSSR count). The Morgan fingerprint density at radius 1 is 1.00 bits per heavy atom. The van der Waals surface area contributed by atoms with Crippen LogP contribution in [0, 0.1) is 0 Å². The van der Waals surface area contributed by atoms with Crippen molar-refractivity contribution in [3.8, 4) is 0 Å². The van der Waals surface area contributed by atoms with Gasteiger partial charge in [-0.25, -0.2) is 0 Å². The zero-order valence-electron chi connectivity index (χ0n) is 5.34. The number of hydrogen-bond donors (Lipinski definition) is 0. The molecule has 4 nitrogen and oxygen atoms in total. The zero-order chi connectivity index (χ0) is 7.15. The smallest absolute Gasteiger partial charge is 0.550 e. The molecule has 0 saturated heterocycles. The van der Waals surface area contributed by atoms with Crippen molar-refractivity contribution < 1.29 is 19.8 Å². The summed E-state index contributed by atoms with van der Waals surface area (Å²) in [6, 6.07) is 0. The monoisotopic (exact) mass is 282 g/mol. The quantitative estimate of drug-likeness (QED) is 0.427. The molecule has 0 amide bonds. The second-order valence-corrected chi connectivity index (χ2v) is 0.983. The maximum atomic E-state index is 8.89. The predicted molar refractivity (Wildman–Crippen MR) is 35.7 cm³/mol. The first-order chi connectivity index (χ1) is 3.46. The molecule has 0 aromatic heterocycles. The Labute approximate surface area is 116 Å². The molecule has 0 aliphatic carbocycles. The van der Waals surface area contributed by atoms with E-state index in [-0.39, 0.29) is 71.9 Å². The molecule has 0 N–H and O–H groups in total. The molecule has 0 fully saturated rings. The molecule has 0 aliphatic heterocycles. The maximum Gasteiger partial charge on any atom is 2.00 e. The fourth-order valence-electron chi connectivity index (χ4n) is 0. The van der Waals surface area contributed by atoms with Gasteiger partial charge in [0.2, 0.25) is 0 Å². The summed E-state index contributed by atoms with van der Waals surface area (Å²) in [6.45, 7) is 1.94. The van der Waals surface area contributed by atoms with Gasteiger partial charge < -0.3 is 19.8 Å². The van der Waals surface area contributed by atoms with Crippen molar-refractivity contribution in [2.45, 2.75) is 13.8 Å². The van der Waals surface area contributed by atoms with Gasteiger partial charge in [-0.3, -0.25) is 0 Å². The summed E-state index contributed by atoms with van der Waals surface area (Å²) in [5.41, 5.74) is 0. The molecule has 0 radical (unpaired) electrons. The first kappa shape index (κ1) is 22.5.